The molecule has 2 atom stereocenters. The molecule has 8 aliphatic carbocycles. The van der Waals surface area contributed by atoms with Gasteiger partial charge in [-0.15, -0.1) is 0 Å². The van der Waals surface area contributed by atoms with Gasteiger partial charge < -0.3 is 0 Å². The van der Waals surface area contributed by atoms with Crippen LogP contribution < -0.4 is 5.30 Å². The van der Waals surface area contributed by atoms with Crippen molar-refractivity contribution >= 4 is 24.2 Å². The summed E-state index contributed by atoms with van der Waals surface area (Å²) in [5, 5.41) is 2.90. The molecule has 8 saturated carbocycles. The molecule has 0 radical (unpaired) electrons. The van der Waals surface area contributed by atoms with E-state index in [2.05, 4.69) is 63.3 Å². The lowest BCUT2D eigenvalue weighted by Crippen LogP contribution is -2.58. The molecule has 0 aromatic heterocycles. The molecule has 2 nitrogen and oxygen atoms in total. The van der Waals surface area contributed by atoms with Crippen LogP contribution in [0.2, 0.25) is 0 Å². The molecule has 1 aromatic rings. The molecular formula is C33H50NOPS. The molecule has 37 heavy (non-hydrogen) atoms. The maximum atomic E-state index is 13.5. The lowest BCUT2D eigenvalue weighted by atomic mass is 9.55. The first-order valence-electron chi connectivity index (χ1n) is 15.6. The molecule has 8 aliphatic rings. The average molecular weight is 540 g/mol. The first kappa shape index (κ1) is 25.7. The monoisotopic (exact) mass is 539 g/mol. The van der Waals surface area contributed by atoms with Crippen LogP contribution >= 0.6 is 7.92 Å². The molecule has 204 valence electrons. The highest BCUT2D eigenvalue weighted by molar-refractivity contribution is 7.84. The number of nitrogens with zero attached hydrogens (tertiary/aromatic N) is 1. The Hall–Kier alpha value is -0.240. The zero-order chi connectivity index (χ0) is 25.7. The maximum Gasteiger partial charge on any atom is 0.1000 e. The highest BCUT2D eigenvalue weighted by atomic mass is 32.2. The quantitative estimate of drug-likeness (QED) is 0.334. The predicted molar refractivity (Wildman–Crippen MR) is 159 cm³/mol. The third-order valence-electron chi connectivity index (χ3n) is 11.9. The summed E-state index contributed by atoms with van der Waals surface area (Å²) in [5.41, 5.74) is 1.51. The topological polar surface area (TPSA) is 20.3 Å². The van der Waals surface area contributed by atoms with Gasteiger partial charge in [0.05, 0.1) is 15.7 Å². The zero-order valence-corrected chi connectivity index (χ0v) is 25.8. The normalized spacial score (nSPS) is 44.4. The van der Waals surface area contributed by atoms with Crippen molar-refractivity contribution in [3.8, 4) is 0 Å². The largest absolute Gasteiger partial charge is 0.242 e. The smallest absolute Gasteiger partial charge is 0.1000 e. The molecule has 1 aromatic carbocycles. The third kappa shape index (κ3) is 4.18. The Bertz CT molecular complexity index is 960. The van der Waals surface area contributed by atoms with Gasteiger partial charge in [-0.3, -0.25) is 0 Å². The van der Waals surface area contributed by atoms with E-state index in [0.29, 0.717) is 10.3 Å². The van der Waals surface area contributed by atoms with E-state index >= 15 is 0 Å². The van der Waals surface area contributed by atoms with Gasteiger partial charge in [0.25, 0.3) is 0 Å². The van der Waals surface area contributed by atoms with Crippen LogP contribution in [0.3, 0.4) is 0 Å². The van der Waals surface area contributed by atoms with Crippen LogP contribution in [0.5, 0.6) is 0 Å². The summed E-state index contributed by atoms with van der Waals surface area (Å²) in [6.07, 6.45) is 18.4. The van der Waals surface area contributed by atoms with Gasteiger partial charge in [-0.05, 0) is 161 Å². The molecule has 0 N–H and O–H groups in total. The Kier molecular flexibility index (Phi) is 6.17. The summed E-state index contributed by atoms with van der Waals surface area (Å²) < 4.78 is 15.5. The lowest BCUT2D eigenvalue weighted by molar-refractivity contribution is 0.0195. The van der Waals surface area contributed by atoms with Crippen molar-refractivity contribution in [1.82, 2.24) is 4.31 Å². The Morgan fingerprint density at radius 1 is 0.784 bits per heavy atom. The SMILES string of the molecule is CC(c1ccccc1P(C12CC3CC(CC(C3)C1)C2)C12CC3CC(CC(C3)C1)C2)N(C)S(=O)C(C)(C)C. The highest BCUT2D eigenvalue weighted by Crippen LogP contribution is 2.78. The second-order valence-corrected chi connectivity index (χ2v) is 21.1. The molecule has 0 aliphatic heterocycles. The summed E-state index contributed by atoms with van der Waals surface area (Å²) >= 11 is 0. The van der Waals surface area contributed by atoms with Crippen LogP contribution in [0.1, 0.15) is 116 Å². The third-order valence-corrected chi connectivity index (χ3v) is 17.7. The Morgan fingerprint density at radius 2 is 1.16 bits per heavy atom. The lowest BCUT2D eigenvalue weighted by Gasteiger charge is -2.67. The summed E-state index contributed by atoms with van der Waals surface area (Å²) in [7, 11) is 0.843. The van der Waals surface area contributed by atoms with E-state index in [4.69, 9.17) is 0 Å². The van der Waals surface area contributed by atoms with Gasteiger partial charge in [-0.25, -0.2) is 8.51 Å². The van der Waals surface area contributed by atoms with Gasteiger partial charge in [0.1, 0.15) is 0 Å². The molecule has 0 saturated heterocycles. The fourth-order valence-electron chi connectivity index (χ4n) is 11.5. The van der Waals surface area contributed by atoms with Gasteiger partial charge in [-0.1, -0.05) is 32.2 Å². The van der Waals surface area contributed by atoms with Crippen LogP contribution in [0.4, 0.5) is 0 Å². The molecular weight excluding hydrogens is 489 g/mol. The molecule has 8 bridgehead atoms. The average Bonchev–Trinajstić information content (AvgIpc) is 2.80. The van der Waals surface area contributed by atoms with Crippen molar-refractivity contribution in [3.05, 3.63) is 29.8 Å². The first-order valence-corrected chi connectivity index (χ1v) is 18.0. The number of benzene rings is 1. The summed E-state index contributed by atoms with van der Waals surface area (Å²) in [5.74, 6) is 6.03. The van der Waals surface area contributed by atoms with E-state index in [1.54, 1.807) is 5.30 Å². The second-order valence-electron chi connectivity index (χ2n) is 15.8. The summed E-state index contributed by atoms with van der Waals surface area (Å²) in [4.78, 5) is 0. The minimum atomic E-state index is -1.01. The first-order chi connectivity index (χ1) is 17.6. The molecule has 2 unspecified atom stereocenters. The Labute approximate surface area is 230 Å². The van der Waals surface area contributed by atoms with E-state index in [0.717, 1.165) is 35.5 Å². The zero-order valence-electron chi connectivity index (χ0n) is 24.0. The van der Waals surface area contributed by atoms with Crippen molar-refractivity contribution in [1.29, 1.82) is 0 Å². The van der Waals surface area contributed by atoms with E-state index in [1.807, 2.05) is 0 Å². The number of hydrogen-bond donors (Lipinski definition) is 0. The van der Waals surface area contributed by atoms with Crippen LogP contribution in [0, 0.1) is 35.5 Å². The van der Waals surface area contributed by atoms with E-state index in [9.17, 15) is 4.21 Å². The van der Waals surface area contributed by atoms with Gasteiger partial charge in [-0.2, -0.15) is 0 Å². The van der Waals surface area contributed by atoms with Crippen molar-refractivity contribution in [2.45, 2.75) is 126 Å². The van der Waals surface area contributed by atoms with Crippen LogP contribution in [0.25, 0.3) is 0 Å². The van der Waals surface area contributed by atoms with Crippen LogP contribution in [-0.4, -0.2) is 30.6 Å². The molecule has 4 heteroatoms. The summed E-state index contributed by atoms with van der Waals surface area (Å²) in [6, 6.07) is 9.85. The van der Waals surface area contributed by atoms with Crippen molar-refractivity contribution in [2.24, 2.45) is 35.5 Å². The van der Waals surface area contributed by atoms with Gasteiger partial charge in [0.2, 0.25) is 0 Å². The molecule has 0 spiro atoms. The maximum absolute atomic E-state index is 13.5. The van der Waals surface area contributed by atoms with Gasteiger partial charge in [0.15, 0.2) is 0 Å². The molecule has 0 amide bonds. The van der Waals surface area contributed by atoms with Crippen molar-refractivity contribution in [3.63, 3.8) is 0 Å². The fraction of sp³-hybridized carbons (Fsp3) is 0.818. The number of rotatable bonds is 6. The molecule has 0 heterocycles. The van der Waals surface area contributed by atoms with Crippen LogP contribution in [-0.2, 0) is 11.0 Å². The second kappa shape index (κ2) is 8.88. The molecule has 9 rings (SSSR count). The fourth-order valence-corrected chi connectivity index (χ4v) is 18.2. The Morgan fingerprint density at radius 3 is 1.54 bits per heavy atom. The van der Waals surface area contributed by atoms with Gasteiger partial charge >= 0.3 is 0 Å². The van der Waals surface area contributed by atoms with Crippen molar-refractivity contribution < 1.29 is 4.21 Å². The number of hydrogen-bond acceptors (Lipinski definition) is 1. The van der Waals surface area contributed by atoms with Gasteiger partial charge in [0, 0.05) is 13.1 Å². The van der Waals surface area contributed by atoms with Crippen LogP contribution in [0.15, 0.2) is 24.3 Å². The molecule has 8 fully saturated rings. The summed E-state index contributed by atoms with van der Waals surface area (Å²) in [6.45, 7) is 8.71. The van der Waals surface area contributed by atoms with E-state index in [-0.39, 0.29) is 18.7 Å². The Balaban J connectivity index is 1.35. The standard InChI is InChI=1S/C33H50NOPS/c1-22(34(5)37(35)31(2,3)4)29-8-6-7-9-30(29)36(32-16-23-10-24(17-32)12-25(11-23)18-32)33-19-26-13-27(20-33)15-28(14-26)21-33/h6-9,22-28H,10-21H2,1-5H3. The van der Waals surface area contributed by atoms with E-state index < -0.39 is 11.0 Å². The minimum absolute atomic E-state index is 0.184. The predicted octanol–water partition coefficient (Wildman–Crippen LogP) is 8.19. The van der Waals surface area contributed by atoms with E-state index in [1.165, 1.54) is 82.6 Å². The van der Waals surface area contributed by atoms with Crippen molar-refractivity contribution in [2.75, 3.05) is 7.05 Å². The highest BCUT2D eigenvalue weighted by Gasteiger charge is 2.63. The minimum Gasteiger partial charge on any atom is -0.242 e.